The fraction of sp³-hybridized carbons (Fsp3) is 0.455. The molecule has 1 unspecified atom stereocenters. The van der Waals surface area contributed by atoms with Gasteiger partial charge < -0.3 is 10.5 Å². The Bertz CT molecular complexity index is 352. The van der Waals surface area contributed by atoms with Gasteiger partial charge in [-0.25, -0.2) is 0 Å². The summed E-state index contributed by atoms with van der Waals surface area (Å²) in [6, 6.07) is 3.57. The first kappa shape index (κ1) is 11.9. The largest absolute Gasteiger partial charge is 0.490 e. The summed E-state index contributed by atoms with van der Waals surface area (Å²) in [7, 11) is 0. The lowest BCUT2D eigenvalue weighted by molar-refractivity contribution is 0.170. The number of nitrogens with two attached hydrogens (primary N) is 1. The van der Waals surface area contributed by atoms with Crippen LogP contribution in [0.1, 0.15) is 26.5 Å². The molecule has 0 amide bonds. The Balaban J connectivity index is 2.78. The van der Waals surface area contributed by atoms with Gasteiger partial charge in [0.1, 0.15) is 16.4 Å². The van der Waals surface area contributed by atoms with Crippen molar-refractivity contribution >= 4 is 17.2 Å². The van der Waals surface area contributed by atoms with Crippen LogP contribution in [-0.2, 0) is 0 Å². The highest BCUT2D eigenvalue weighted by atomic mass is 32.1. The molecule has 1 rings (SSSR count). The summed E-state index contributed by atoms with van der Waals surface area (Å²) in [5.41, 5.74) is 6.08. The van der Waals surface area contributed by atoms with Crippen molar-refractivity contribution in [3.63, 3.8) is 0 Å². The predicted molar refractivity (Wildman–Crippen MR) is 65.1 cm³/mol. The zero-order valence-electron chi connectivity index (χ0n) is 9.23. The molecule has 4 heteroatoms. The molecule has 2 N–H and O–H groups in total. The molecule has 15 heavy (non-hydrogen) atoms. The summed E-state index contributed by atoms with van der Waals surface area (Å²) in [5, 5.41) is 0. The van der Waals surface area contributed by atoms with Gasteiger partial charge in [-0.05, 0) is 18.9 Å². The number of pyridine rings is 1. The van der Waals surface area contributed by atoms with Crippen molar-refractivity contribution in [2.24, 2.45) is 11.7 Å². The van der Waals surface area contributed by atoms with E-state index in [1.165, 1.54) is 0 Å². The van der Waals surface area contributed by atoms with Crippen LogP contribution >= 0.6 is 12.2 Å². The first-order valence-electron chi connectivity index (χ1n) is 4.93. The molecule has 0 spiro atoms. The minimum absolute atomic E-state index is 0.159. The molecule has 0 fully saturated rings. The van der Waals surface area contributed by atoms with E-state index in [2.05, 4.69) is 18.8 Å². The van der Waals surface area contributed by atoms with Crippen LogP contribution in [0.5, 0.6) is 5.75 Å². The zero-order valence-corrected chi connectivity index (χ0v) is 10.0. The average Bonchev–Trinajstić information content (AvgIpc) is 2.18. The molecule has 0 saturated carbocycles. The Kier molecular flexibility index (Phi) is 4.03. The van der Waals surface area contributed by atoms with E-state index < -0.39 is 0 Å². The molecule has 0 radical (unpaired) electrons. The third-order valence-corrected chi connectivity index (χ3v) is 2.45. The van der Waals surface area contributed by atoms with E-state index in [1.807, 2.05) is 6.92 Å². The predicted octanol–water partition coefficient (Wildman–Crippen LogP) is 2.14. The number of thiocarbonyl (C=S) groups is 1. The fourth-order valence-corrected chi connectivity index (χ4v) is 1.08. The van der Waals surface area contributed by atoms with Crippen LogP contribution in [0, 0.1) is 5.92 Å². The lowest BCUT2D eigenvalue weighted by atomic mass is 10.1. The van der Waals surface area contributed by atoms with Crippen molar-refractivity contribution in [3.8, 4) is 5.75 Å². The molecule has 3 nitrogen and oxygen atoms in total. The second-order valence-corrected chi connectivity index (χ2v) is 4.25. The van der Waals surface area contributed by atoms with Crippen LogP contribution in [-0.4, -0.2) is 16.1 Å². The fourth-order valence-electron chi connectivity index (χ4n) is 0.970. The number of nitrogens with zero attached hydrogens (tertiary/aromatic N) is 1. The molecule has 1 aromatic rings. The third-order valence-electron chi connectivity index (χ3n) is 2.24. The second kappa shape index (κ2) is 5.07. The van der Waals surface area contributed by atoms with Gasteiger partial charge in [-0.3, -0.25) is 4.98 Å². The number of ether oxygens (including phenoxy) is 1. The van der Waals surface area contributed by atoms with Gasteiger partial charge >= 0.3 is 0 Å². The molecule has 82 valence electrons. The van der Waals surface area contributed by atoms with Crippen molar-refractivity contribution in [1.29, 1.82) is 0 Å². The van der Waals surface area contributed by atoms with Gasteiger partial charge in [0.05, 0.1) is 6.10 Å². The van der Waals surface area contributed by atoms with Crippen molar-refractivity contribution in [1.82, 2.24) is 4.98 Å². The van der Waals surface area contributed by atoms with Crippen LogP contribution < -0.4 is 10.5 Å². The Morgan fingerprint density at radius 1 is 1.47 bits per heavy atom. The molecular weight excluding hydrogens is 208 g/mol. The highest BCUT2D eigenvalue weighted by Gasteiger charge is 2.09. The maximum Gasteiger partial charge on any atom is 0.123 e. The summed E-state index contributed by atoms with van der Waals surface area (Å²) in [5.74, 6) is 1.22. The van der Waals surface area contributed by atoms with E-state index in [1.54, 1.807) is 18.3 Å². The van der Waals surface area contributed by atoms with Gasteiger partial charge in [0, 0.05) is 12.3 Å². The molecule has 0 aliphatic carbocycles. The smallest absolute Gasteiger partial charge is 0.123 e. The Morgan fingerprint density at radius 3 is 2.67 bits per heavy atom. The molecule has 0 aromatic carbocycles. The van der Waals surface area contributed by atoms with Crippen molar-refractivity contribution in [2.75, 3.05) is 0 Å². The van der Waals surface area contributed by atoms with Crippen molar-refractivity contribution in [2.45, 2.75) is 26.9 Å². The monoisotopic (exact) mass is 224 g/mol. The summed E-state index contributed by atoms with van der Waals surface area (Å²) in [6.45, 7) is 6.26. The number of hydrogen-bond donors (Lipinski definition) is 1. The number of aromatic nitrogens is 1. The van der Waals surface area contributed by atoms with Gasteiger partial charge in [0.2, 0.25) is 0 Å². The van der Waals surface area contributed by atoms with Crippen LogP contribution in [0.25, 0.3) is 0 Å². The van der Waals surface area contributed by atoms with Gasteiger partial charge in [0.15, 0.2) is 0 Å². The van der Waals surface area contributed by atoms with Crippen molar-refractivity contribution in [3.05, 3.63) is 24.0 Å². The number of hydrogen-bond acceptors (Lipinski definition) is 3. The minimum atomic E-state index is 0.159. The quantitative estimate of drug-likeness (QED) is 0.796. The SMILES string of the molecule is CC(C)C(C)Oc1ccnc(C(N)=S)c1. The maximum atomic E-state index is 5.71. The molecule has 1 heterocycles. The van der Waals surface area contributed by atoms with Crippen molar-refractivity contribution < 1.29 is 4.74 Å². The standard InChI is InChI=1S/C11H16N2OS/c1-7(2)8(3)14-9-4-5-13-10(6-9)11(12)15/h4-8H,1-3H3,(H2,12,15). The zero-order chi connectivity index (χ0) is 11.4. The van der Waals surface area contributed by atoms with E-state index in [-0.39, 0.29) is 11.1 Å². The summed E-state index contributed by atoms with van der Waals surface area (Å²) >= 11 is 4.85. The van der Waals surface area contributed by atoms with E-state index in [9.17, 15) is 0 Å². The Labute approximate surface area is 95.7 Å². The van der Waals surface area contributed by atoms with E-state index in [0.29, 0.717) is 11.6 Å². The molecule has 1 aromatic heterocycles. The lowest BCUT2D eigenvalue weighted by Gasteiger charge is -2.18. The Morgan fingerprint density at radius 2 is 2.13 bits per heavy atom. The number of rotatable bonds is 4. The molecule has 0 saturated heterocycles. The van der Waals surface area contributed by atoms with Crippen LogP contribution in [0.3, 0.4) is 0 Å². The highest BCUT2D eigenvalue weighted by Crippen LogP contribution is 2.15. The molecule has 0 bridgehead atoms. The third kappa shape index (κ3) is 3.47. The molecule has 0 aliphatic heterocycles. The summed E-state index contributed by atoms with van der Waals surface area (Å²) in [6.07, 6.45) is 1.81. The van der Waals surface area contributed by atoms with Crippen LogP contribution in [0.2, 0.25) is 0 Å². The average molecular weight is 224 g/mol. The molecule has 0 aliphatic rings. The van der Waals surface area contributed by atoms with E-state index in [0.717, 1.165) is 5.75 Å². The lowest BCUT2D eigenvalue weighted by Crippen LogP contribution is -2.19. The van der Waals surface area contributed by atoms with Gasteiger partial charge in [-0.2, -0.15) is 0 Å². The minimum Gasteiger partial charge on any atom is -0.490 e. The topological polar surface area (TPSA) is 48.1 Å². The highest BCUT2D eigenvalue weighted by molar-refractivity contribution is 7.80. The first-order chi connectivity index (χ1) is 7.00. The molecular formula is C11H16N2OS. The summed E-state index contributed by atoms with van der Waals surface area (Å²) in [4.78, 5) is 4.33. The second-order valence-electron chi connectivity index (χ2n) is 3.81. The summed E-state index contributed by atoms with van der Waals surface area (Å²) < 4.78 is 5.71. The van der Waals surface area contributed by atoms with E-state index in [4.69, 9.17) is 22.7 Å². The normalized spacial score (nSPS) is 12.5. The first-order valence-corrected chi connectivity index (χ1v) is 5.34. The van der Waals surface area contributed by atoms with Crippen LogP contribution in [0.15, 0.2) is 18.3 Å². The molecule has 1 atom stereocenters. The van der Waals surface area contributed by atoms with Gasteiger partial charge in [-0.1, -0.05) is 26.1 Å². The maximum absolute atomic E-state index is 5.71. The van der Waals surface area contributed by atoms with E-state index >= 15 is 0 Å². The van der Waals surface area contributed by atoms with Gasteiger partial charge in [0.25, 0.3) is 0 Å². The van der Waals surface area contributed by atoms with Gasteiger partial charge in [-0.15, -0.1) is 0 Å². The van der Waals surface area contributed by atoms with Crippen LogP contribution in [0.4, 0.5) is 0 Å². The Hall–Kier alpha value is -1.16.